The Balaban J connectivity index is 2.34. The predicted molar refractivity (Wildman–Crippen MR) is 67.2 cm³/mol. The normalized spacial score (nSPS) is 39.6. The second-order valence-corrected chi connectivity index (χ2v) is 6.37. The number of carbonyl (C=O) groups is 1. The standard InChI is InChI=1S/C15H24O/c1-10(2)14-6-5-12(4)15(14)8-11(3)7-13(16)9-15/h7,10,12,14H,5-6,8-9H2,1-4H3/t12-,14-,15-/m0/s1. The summed E-state index contributed by atoms with van der Waals surface area (Å²) < 4.78 is 0. The first-order valence-electron chi connectivity index (χ1n) is 6.65. The molecule has 0 bridgehead atoms. The Hall–Kier alpha value is -0.590. The quantitative estimate of drug-likeness (QED) is 0.653. The maximum atomic E-state index is 11.9. The van der Waals surface area contributed by atoms with E-state index in [1.807, 2.05) is 6.08 Å². The molecule has 1 saturated carbocycles. The fourth-order valence-corrected chi connectivity index (χ4v) is 4.26. The van der Waals surface area contributed by atoms with Gasteiger partial charge in [0.05, 0.1) is 0 Å². The van der Waals surface area contributed by atoms with Crippen molar-refractivity contribution in [1.29, 1.82) is 0 Å². The number of rotatable bonds is 1. The van der Waals surface area contributed by atoms with Gasteiger partial charge in [-0.3, -0.25) is 4.79 Å². The molecule has 16 heavy (non-hydrogen) atoms. The molecule has 1 nitrogen and oxygen atoms in total. The first-order chi connectivity index (χ1) is 7.45. The van der Waals surface area contributed by atoms with E-state index in [9.17, 15) is 4.79 Å². The van der Waals surface area contributed by atoms with Gasteiger partial charge in [0, 0.05) is 6.42 Å². The van der Waals surface area contributed by atoms with Gasteiger partial charge in [-0.05, 0) is 55.4 Å². The Bertz CT molecular complexity index is 326. The van der Waals surface area contributed by atoms with Gasteiger partial charge in [-0.15, -0.1) is 0 Å². The van der Waals surface area contributed by atoms with E-state index in [0.29, 0.717) is 23.0 Å². The third-order valence-corrected chi connectivity index (χ3v) is 4.95. The van der Waals surface area contributed by atoms with E-state index >= 15 is 0 Å². The van der Waals surface area contributed by atoms with Crippen molar-refractivity contribution in [3.63, 3.8) is 0 Å². The number of carbonyl (C=O) groups excluding carboxylic acids is 1. The second kappa shape index (κ2) is 4.01. The third-order valence-electron chi connectivity index (χ3n) is 4.95. The predicted octanol–water partition coefficient (Wildman–Crippen LogP) is 3.98. The molecule has 0 aromatic rings. The molecule has 2 aliphatic rings. The Morgan fingerprint density at radius 3 is 2.56 bits per heavy atom. The van der Waals surface area contributed by atoms with Crippen molar-refractivity contribution >= 4 is 5.78 Å². The van der Waals surface area contributed by atoms with Crippen molar-refractivity contribution in [3.05, 3.63) is 11.6 Å². The molecular formula is C15H24O. The van der Waals surface area contributed by atoms with E-state index in [4.69, 9.17) is 0 Å². The van der Waals surface area contributed by atoms with Crippen LogP contribution in [-0.4, -0.2) is 5.78 Å². The van der Waals surface area contributed by atoms with E-state index in [0.717, 1.165) is 18.8 Å². The Morgan fingerprint density at radius 1 is 1.31 bits per heavy atom. The molecule has 0 aromatic carbocycles. The van der Waals surface area contributed by atoms with Gasteiger partial charge in [-0.2, -0.15) is 0 Å². The summed E-state index contributed by atoms with van der Waals surface area (Å²) in [6.45, 7) is 9.13. The van der Waals surface area contributed by atoms with Gasteiger partial charge in [0.2, 0.25) is 0 Å². The lowest BCUT2D eigenvalue weighted by Crippen LogP contribution is -2.38. The van der Waals surface area contributed by atoms with Crippen molar-refractivity contribution in [3.8, 4) is 0 Å². The first kappa shape index (κ1) is 11.9. The molecular weight excluding hydrogens is 196 g/mol. The number of ketones is 1. The minimum absolute atomic E-state index is 0.296. The minimum Gasteiger partial charge on any atom is -0.295 e. The largest absolute Gasteiger partial charge is 0.295 e. The van der Waals surface area contributed by atoms with Crippen molar-refractivity contribution in [1.82, 2.24) is 0 Å². The van der Waals surface area contributed by atoms with Crippen LogP contribution in [-0.2, 0) is 4.79 Å². The number of hydrogen-bond donors (Lipinski definition) is 0. The van der Waals surface area contributed by atoms with Crippen LogP contribution in [0.3, 0.4) is 0 Å². The van der Waals surface area contributed by atoms with Crippen molar-refractivity contribution < 1.29 is 4.79 Å². The average molecular weight is 220 g/mol. The first-order valence-corrected chi connectivity index (χ1v) is 6.65. The zero-order valence-electron chi connectivity index (χ0n) is 11.0. The summed E-state index contributed by atoms with van der Waals surface area (Å²) in [7, 11) is 0. The summed E-state index contributed by atoms with van der Waals surface area (Å²) in [5.41, 5.74) is 1.60. The van der Waals surface area contributed by atoms with E-state index in [1.54, 1.807) is 0 Å². The molecule has 0 N–H and O–H groups in total. The van der Waals surface area contributed by atoms with Crippen LogP contribution < -0.4 is 0 Å². The van der Waals surface area contributed by atoms with Crippen molar-refractivity contribution in [2.24, 2.45) is 23.2 Å². The van der Waals surface area contributed by atoms with E-state index in [-0.39, 0.29) is 0 Å². The highest BCUT2D eigenvalue weighted by molar-refractivity contribution is 5.92. The summed E-state index contributed by atoms with van der Waals surface area (Å²) in [6.07, 6.45) is 6.45. The fourth-order valence-electron chi connectivity index (χ4n) is 4.26. The Labute approximate surface area is 99.3 Å². The highest BCUT2D eigenvalue weighted by Gasteiger charge is 2.50. The summed E-state index contributed by atoms with van der Waals surface area (Å²) in [6, 6.07) is 0. The SMILES string of the molecule is CC1=CC(=O)C[C@@]2(C1)[C@@H](C)CC[C@H]2C(C)C. The zero-order valence-corrected chi connectivity index (χ0v) is 11.0. The molecule has 0 heterocycles. The maximum Gasteiger partial charge on any atom is 0.156 e. The van der Waals surface area contributed by atoms with Gasteiger partial charge in [0.15, 0.2) is 5.78 Å². The van der Waals surface area contributed by atoms with Crippen molar-refractivity contribution in [2.45, 2.75) is 53.4 Å². The molecule has 2 rings (SSSR count). The molecule has 3 atom stereocenters. The highest BCUT2D eigenvalue weighted by atomic mass is 16.1. The van der Waals surface area contributed by atoms with Crippen LogP contribution >= 0.6 is 0 Å². The Kier molecular flexibility index (Phi) is 2.98. The highest BCUT2D eigenvalue weighted by Crippen LogP contribution is 2.57. The lowest BCUT2D eigenvalue weighted by atomic mass is 9.61. The van der Waals surface area contributed by atoms with Gasteiger partial charge in [0.1, 0.15) is 0 Å². The molecule has 1 heteroatoms. The molecule has 90 valence electrons. The molecule has 2 aliphatic carbocycles. The summed E-state index contributed by atoms with van der Waals surface area (Å²) in [5.74, 6) is 2.54. The molecule has 0 unspecified atom stereocenters. The minimum atomic E-state index is 0.296. The summed E-state index contributed by atoms with van der Waals surface area (Å²) in [5, 5.41) is 0. The summed E-state index contributed by atoms with van der Waals surface area (Å²) in [4.78, 5) is 11.9. The molecule has 0 saturated heterocycles. The van der Waals surface area contributed by atoms with E-state index in [2.05, 4.69) is 27.7 Å². The zero-order chi connectivity index (χ0) is 11.9. The molecule has 0 radical (unpaired) electrons. The van der Waals surface area contributed by atoms with Gasteiger partial charge in [-0.25, -0.2) is 0 Å². The molecule has 0 amide bonds. The second-order valence-electron chi connectivity index (χ2n) is 6.37. The molecule has 0 aromatic heterocycles. The van der Waals surface area contributed by atoms with Gasteiger partial charge < -0.3 is 0 Å². The van der Waals surface area contributed by atoms with Crippen LogP contribution in [0.4, 0.5) is 0 Å². The number of hydrogen-bond acceptors (Lipinski definition) is 1. The smallest absolute Gasteiger partial charge is 0.156 e. The van der Waals surface area contributed by atoms with Crippen molar-refractivity contribution in [2.75, 3.05) is 0 Å². The fraction of sp³-hybridized carbons (Fsp3) is 0.800. The third kappa shape index (κ3) is 1.74. The molecule has 1 spiro atoms. The van der Waals surface area contributed by atoms with Gasteiger partial charge >= 0.3 is 0 Å². The molecule has 1 fully saturated rings. The van der Waals surface area contributed by atoms with Crippen LogP contribution in [0.5, 0.6) is 0 Å². The monoisotopic (exact) mass is 220 g/mol. The van der Waals surface area contributed by atoms with E-state index in [1.165, 1.54) is 18.4 Å². The van der Waals surface area contributed by atoms with Crippen LogP contribution in [0.1, 0.15) is 53.4 Å². The average Bonchev–Trinajstić information content (AvgIpc) is 2.42. The van der Waals surface area contributed by atoms with Crippen LogP contribution in [0.25, 0.3) is 0 Å². The summed E-state index contributed by atoms with van der Waals surface area (Å²) >= 11 is 0. The lowest BCUT2D eigenvalue weighted by molar-refractivity contribution is -0.119. The van der Waals surface area contributed by atoms with Crippen LogP contribution in [0, 0.1) is 23.2 Å². The lowest BCUT2D eigenvalue weighted by Gasteiger charge is -2.43. The molecule has 0 aliphatic heterocycles. The van der Waals surface area contributed by atoms with Gasteiger partial charge in [0.25, 0.3) is 0 Å². The van der Waals surface area contributed by atoms with Gasteiger partial charge in [-0.1, -0.05) is 26.3 Å². The number of allylic oxidation sites excluding steroid dienone is 2. The maximum absolute atomic E-state index is 11.9. The van der Waals surface area contributed by atoms with Crippen LogP contribution in [0.15, 0.2) is 11.6 Å². The Morgan fingerprint density at radius 2 is 2.00 bits per heavy atom. The van der Waals surface area contributed by atoms with E-state index < -0.39 is 0 Å². The van der Waals surface area contributed by atoms with Crippen LogP contribution in [0.2, 0.25) is 0 Å². The topological polar surface area (TPSA) is 17.1 Å².